The predicted octanol–water partition coefficient (Wildman–Crippen LogP) is 3.39. The summed E-state index contributed by atoms with van der Waals surface area (Å²) in [5, 5.41) is 4.96. The van der Waals surface area contributed by atoms with E-state index in [1.54, 1.807) is 17.8 Å². The zero-order chi connectivity index (χ0) is 17.2. The molecule has 2 heterocycles. The first kappa shape index (κ1) is 16.4. The zero-order valence-electron chi connectivity index (χ0n) is 13.8. The van der Waals surface area contributed by atoms with Crippen LogP contribution < -0.4 is 5.32 Å². The van der Waals surface area contributed by atoms with Crippen LogP contribution in [0.3, 0.4) is 0 Å². The summed E-state index contributed by atoms with van der Waals surface area (Å²) in [6.45, 7) is 3.32. The van der Waals surface area contributed by atoms with Gasteiger partial charge in [0.05, 0.1) is 5.75 Å². The maximum atomic E-state index is 13.5. The lowest BCUT2D eigenvalue weighted by Gasteiger charge is -2.27. The summed E-state index contributed by atoms with van der Waals surface area (Å²) >= 11 is 1.61. The van der Waals surface area contributed by atoms with E-state index in [9.17, 15) is 9.18 Å². The minimum atomic E-state index is -0.267. The summed E-state index contributed by atoms with van der Waals surface area (Å²) in [4.78, 5) is 14.1. The Kier molecular flexibility index (Phi) is 4.63. The van der Waals surface area contributed by atoms with E-state index in [0.717, 1.165) is 53.9 Å². The van der Waals surface area contributed by atoms with Crippen LogP contribution in [-0.2, 0) is 10.5 Å². The monoisotopic (exact) mass is 358 g/mol. The largest absolute Gasteiger partial charge is 0.456 e. The number of carbonyl (C=O) groups is 1. The third-order valence-electron chi connectivity index (χ3n) is 4.46. The van der Waals surface area contributed by atoms with E-state index in [1.807, 2.05) is 23.1 Å². The molecule has 0 spiro atoms. The van der Waals surface area contributed by atoms with Gasteiger partial charge in [-0.1, -0.05) is 6.07 Å². The van der Waals surface area contributed by atoms with Crippen molar-refractivity contribution in [3.8, 4) is 0 Å². The number of furan rings is 1. The molecule has 130 valence electrons. The molecule has 6 heteroatoms. The highest BCUT2D eigenvalue weighted by Crippen LogP contribution is 2.30. The number of hydrogen-bond donors (Lipinski definition) is 1. The number of amides is 1. The molecule has 0 bridgehead atoms. The summed E-state index contributed by atoms with van der Waals surface area (Å²) in [5.74, 6) is 1.16. The summed E-state index contributed by atoms with van der Waals surface area (Å²) in [7, 11) is 0. The number of rotatable bonds is 4. The van der Waals surface area contributed by atoms with Crippen molar-refractivity contribution in [1.82, 2.24) is 10.2 Å². The Morgan fingerprint density at radius 1 is 1.12 bits per heavy atom. The molecular weight excluding hydrogens is 339 g/mol. The molecule has 1 amide bonds. The Bertz CT molecular complexity index is 918. The molecule has 25 heavy (non-hydrogen) atoms. The third-order valence-corrected chi connectivity index (χ3v) is 5.45. The van der Waals surface area contributed by atoms with Gasteiger partial charge in [0.2, 0.25) is 5.91 Å². The molecule has 1 N–H and O–H groups in total. The molecule has 4 rings (SSSR count). The first-order chi connectivity index (χ1) is 12.2. The SMILES string of the molecule is O=C(CSCc1ccc2oc3ccc(F)cc3c2c1)N1CCNCC1. The zero-order valence-corrected chi connectivity index (χ0v) is 14.6. The van der Waals surface area contributed by atoms with Crippen LogP contribution in [0.25, 0.3) is 21.9 Å². The second kappa shape index (κ2) is 7.06. The van der Waals surface area contributed by atoms with E-state index in [4.69, 9.17) is 4.42 Å². The molecule has 2 aromatic carbocycles. The van der Waals surface area contributed by atoms with Crippen molar-refractivity contribution < 1.29 is 13.6 Å². The minimum Gasteiger partial charge on any atom is -0.456 e. The van der Waals surface area contributed by atoms with Crippen molar-refractivity contribution in [2.24, 2.45) is 0 Å². The van der Waals surface area contributed by atoms with Gasteiger partial charge in [-0.2, -0.15) is 0 Å². The van der Waals surface area contributed by atoms with Gasteiger partial charge in [0.15, 0.2) is 0 Å². The molecule has 0 radical (unpaired) electrons. The lowest BCUT2D eigenvalue weighted by atomic mass is 10.1. The number of benzene rings is 2. The van der Waals surface area contributed by atoms with E-state index >= 15 is 0 Å². The number of hydrogen-bond acceptors (Lipinski definition) is 4. The molecule has 3 aromatic rings. The molecule has 0 saturated carbocycles. The van der Waals surface area contributed by atoms with Gasteiger partial charge in [0.1, 0.15) is 17.0 Å². The highest BCUT2D eigenvalue weighted by Gasteiger charge is 2.16. The maximum Gasteiger partial charge on any atom is 0.232 e. The fraction of sp³-hybridized carbons (Fsp3) is 0.316. The quantitative estimate of drug-likeness (QED) is 0.777. The smallest absolute Gasteiger partial charge is 0.232 e. The van der Waals surface area contributed by atoms with Gasteiger partial charge in [-0.25, -0.2) is 4.39 Å². The van der Waals surface area contributed by atoms with E-state index < -0.39 is 0 Å². The third kappa shape index (κ3) is 3.50. The maximum absolute atomic E-state index is 13.5. The molecule has 1 saturated heterocycles. The number of thioether (sulfide) groups is 1. The van der Waals surface area contributed by atoms with Crippen LogP contribution in [0, 0.1) is 5.82 Å². The van der Waals surface area contributed by atoms with Crippen LogP contribution in [0.15, 0.2) is 40.8 Å². The van der Waals surface area contributed by atoms with Crippen LogP contribution in [0.2, 0.25) is 0 Å². The normalized spacial score (nSPS) is 15.2. The summed E-state index contributed by atoms with van der Waals surface area (Å²) in [6, 6.07) is 10.5. The van der Waals surface area contributed by atoms with Crippen molar-refractivity contribution in [1.29, 1.82) is 0 Å². The average Bonchev–Trinajstić information content (AvgIpc) is 3.00. The number of nitrogens with one attached hydrogen (secondary N) is 1. The minimum absolute atomic E-state index is 0.198. The fourth-order valence-corrected chi connectivity index (χ4v) is 4.02. The Morgan fingerprint density at radius 3 is 2.64 bits per heavy atom. The number of nitrogens with zero attached hydrogens (tertiary/aromatic N) is 1. The van der Waals surface area contributed by atoms with Crippen molar-refractivity contribution >= 4 is 39.6 Å². The number of carbonyl (C=O) groups excluding carboxylic acids is 1. The summed E-state index contributed by atoms with van der Waals surface area (Å²) in [6.07, 6.45) is 0. The van der Waals surface area contributed by atoms with Crippen LogP contribution in [-0.4, -0.2) is 42.7 Å². The van der Waals surface area contributed by atoms with Gasteiger partial charge in [0, 0.05) is 42.7 Å². The number of piperazine rings is 1. The first-order valence-electron chi connectivity index (χ1n) is 8.38. The molecule has 0 aliphatic carbocycles. The van der Waals surface area contributed by atoms with Crippen LogP contribution in [0.4, 0.5) is 4.39 Å². The predicted molar refractivity (Wildman–Crippen MR) is 99.3 cm³/mol. The Hall–Kier alpha value is -2.05. The summed E-state index contributed by atoms with van der Waals surface area (Å²) < 4.78 is 19.3. The highest BCUT2D eigenvalue weighted by atomic mass is 32.2. The Labute approximate surface area is 149 Å². The van der Waals surface area contributed by atoms with Gasteiger partial charge in [-0.05, 0) is 35.9 Å². The fourth-order valence-electron chi connectivity index (χ4n) is 3.15. The van der Waals surface area contributed by atoms with E-state index in [0.29, 0.717) is 11.3 Å². The lowest BCUT2D eigenvalue weighted by molar-refractivity contribution is -0.128. The molecule has 0 unspecified atom stereocenters. The molecule has 4 nitrogen and oxygen atoms in total. The van der Waals surface area contributed by atoms with E-state index in [1.165, 1.54) is 12.1 Å². The van der Waals surface area contributed by atoms with Crippen LogP contribution in [0.1, 0.15) is 5.56 Å². The van der Waals surface area contributed by atoms with Crippen molar-refractivity contribution in [2.75, 3.05) is 31.9 Å². The second-order valence-electron chi connectivity index (χ2n) is 6.20. The van der Waals surface area contributed by atoms with Crippen molar-refractivity contribution in [3.63, 3.8) is 0 Å². The Morgan fingerprint density at radius 2 is 1.84 bits per heavy atom. The molecule has 1 aliphatic rings. The van der Waals surface area contributed by atoms with Crippen molar-refractivity contribution in [2.45, 2.75) is 5.75 Å². The van der Waals surface area contributed by atoms with Gasteiger partial charge < -0.3 is 14.6 Å². The van der Waals surface area contributed by atoms with E-state index in [2.05, 4.69) is 5.32 Å². The van der Waals surface area contributed by atoms with Crippen LogP contribution in [0.5, 0.6) is 0 Å². The molecule has 1 aliphatic heterocycles. The summed E-state index contributed by atoms with van der Waals surface area (Å²) in [5.41, 5.74) is 2.55. The molecule has 1 aromatic heterocycles. The van der Waals surface area contributed by atoms with E-state index in [-0.39, 0.29) is 11.7 Å². The standard InChI is InChI=1S/C19H19FN2O2S/c20-14-2-4-18-16(10-14)15-9-13(1-3-17(15)24-18)11-25-12-19(23)22-7-5-21-6-8-22/h1-4,9-10,21H,5-8,11-12H2. The number of fused-ring (bicyclic) bond motifs is 3. The molecular formula is C19H19FN2O2S. The second-order valence-corrected chi connectivity index (χ2v) is 7.18. The highest BCUT2D eigenvalue weighted by molar-refractivity contribution is 7.99. The van der Waals surface area contributed by atoms with Gasteiger partial charge in [0.25, 0.3) is 0 Å². The lowest BCUT2D eigenvalue weighted by Crippen LogP contribution is -2.47. The topological polar surface area (TPSA) is 45.5 Å². The molecule has 1 fully saturated rings. The Balaban J connectivity index is 1.45. The van der Waals surface area contributed by atoms with Gasteiger partial charge >= 0.3 is 0 Å². The number of halogens is 1. The first-order valence-corrected chi connectivity index (χ1v) is 9.53. The van der Waals surface area contributed by atoms with Crippen LogP contribution >= 0.6 is 11.8 Å². The van der Waals surface area contributed by atoms with Gasteiger partial charge in [-0.15, -0.1) is 11.8 Å². The van der Waals surface area contributed by atoms with Crippen molar-refractivity contribution in [3.05, 3.63) is 47.8 Å². The molecule has 0 atom stereocenters. The average molecular weight is 358 g/mol. The van der Waals surface area contributed by atoms with Gasteiger partial charge in [-0.3, -0.25) is 4.79 Å².